The Morgan fingerprint density at radius 3 is 0.714 bits per heavy atom. The van der Waals surface area contributed by atoms with E-state index in [0.717, 1.165) is 0 Å². The molecule has 0 aromatic rings. The molecular weight excluding hydrogens is 275 g/mol. The first-order valence-electron chi connectivity index (χ1n) is 0.516. The molecule has 0 aliphatic carbocycles. The Bertz CT molecular complexity index is 13.7. The maximum absolute atomic E-state index is 6.50. The molecular formula is H6Cl2N2NdO2-2. The molecule has 0 saturated carbocycles. The molecule has 0 unspecified atom stereocenters. The third-order valence-corrected chi connectivity index (χ3v) is 0. The van der Waals surface area contributed by atoms with Gasteiger partial charge < -0.3 is 35.2 Å². The van der Waals surface area contributed by atoms with E-state index < -0.39 is 0 Å². The summed E-state index contributed by atoms with van der Waals surface area (Å²) in [6.45, 7) is 0. The molecule has 6 N–H and O–H groups in total. The maximum atomic E-state index is 6.50. The predicted molar refractivity (Wildman–Crippen MR) is 11.9 cm³/mol. The molecule has 48 valence electrons. The van der Waals surface area contributed by atoms with Crippen molar-refractivity contribution in [1.29, 1.82) is 0 Å². The molecule has 4 nitrogen and oxygen atoms in total. The van der Waals surface area contributed by atoms with Crippen LogP contribution in [0.4, 0.5) is 0 Å². The summed E-state index contributed by atoms with van der Waals surface area (Å²) in [5.41, 5.74) is 0. The van der Waals surface area contributed by atoms with Gasteiger partial charge in [0.05, 0.1) is 0 Å². The Hall–Kier alpha value is 1.77. The van der Waals surface area contributed by atoms with Crippen LogP contribution >= 0.6 is 0 Å². The van der Waals surface area contributed by atoms with Gasteiger partial charge in [-0.2, -0.15) is 0 Å². The smallest absolute Gasteiger partial charge is 0 e. The second-order valence-electron chi connectivity index (χ2n) is 0. The Balaban J connectivity index is -0.00000000267. The minimum absolute atomic E-state index is 0. The van der Waals surface area contributed by atoms with Crippen molar-refractivity contribution in [2.24, 2.45) is 11.8 Å². The van der Waals surface area contributed by atoms with E-state index in [1.54, 1.807) is 0 Å². The first-order chi connectivity index (χ1) is 2.00. The molecule has 0 amide bonds. The van der Waals surface area contributed by atoms with Crippen LogP contribution in [-0.2, 0) is 0 Å². The van der Waals surface area contributed by atoms with E-state index in [4.69, 9.17) is 10.4 Å². The fourth-order valence-corrected chi connectivity index (χ4v) is 0. The number of nitrogens with two attached hydrogens (primary N) is 2. The molecule has 0 rings (SSSR count). The van der Waals surface area contributed by atoms with Gasteiger partial charge in [-0.25, -0.2) is 11.8 Å². The molecule has 0 saturated heterocycles. The second-order valence-corrected chi connectivity index (χ2v) is 0. The predicted octanol–water partition coefficient (Wildman–Crippen LogP) is -7.32. The third-order valence-electron chi connectivity index (χ3n) is 0. The summed E-state index contributed by atoms with van der Waals surface area (Å²) >= 11 is 0. The molecule has 0 atom stereocenters. The Morgan fingerprint density at radius 1 is 0.714 bits per heavy atom. The van der Waals surface area contributed by atoms with Crippen molar-refractivity contribution in [2.75, 3.05) is 0 Å². The van der Waals surface area contributed by atoms with E-state index in [1.807, 2.05) is 0 Å². The average molecular weight is 281 g/mol. The largest absolute Gasteiger partial charge is 1.00 e. The monoisotopic (exact) mass is 278 g/mol. The molecule has 0 aromatic heterocycles. The van der Waals surface area contributed by atoms with Crippen LogP contribution in [0.5, 0.6) is 0 Å². The summed E-state index contributed by atoms with van der Waals surface area (Å²) in [6, 6.07) is 0. The molecule has 0 spiro atoms. The average Bonchev–Trinajstić information content (AvgIpc) is 1.50. The van der Waals surface area contributed by atoms with E-state index in [-0.39, 0.29) is 65.7 Å². The van der Waals surface area contributed by atoms with Crippen LogP contribution in [0, 0.1) is 40.8 Å². The fourth-order valence-electron chi connectivity index (χ4n) is 0. The SMILES string of the molecule is NO.NO.[Cl-].[Cl-].[Nd]. The van der Waals surface area contributed by atoms with Gasteiger partial charge in [-0.15, -0.1) is 0 Å². The summed E-state index contributed by atoms with van der Waals surface area (Å²) in [6.07, 6.45) is 0. The van der Waals surface area contributed by atoms with E-state index in [2.05, 4.69) is 11.8 Å². The van der Waals surface area contributed by atoms with Gasteiger partial charge in [0, 0.05) is 40.8 Å². The van der Waals surface area contributed by atoms with E-state index >= 15 is 0 Å². The van der Waals surface area contributed by atoms with Gasteiger partial charge in [-0.3, -0.25) is 0 Å². The zero-order valence-corrected chi connectivity index (χ0v) is 8.03. The van der Waals surface area contributed by atoms with Gasteiger partial charge in [0.2, 0.25) is 0 Å². The van der Waals surface area contributed by atoms with Crippen molar-refractivity contribution in [3.8, 4) is 0 Å². The van der Waals surface area contributed by atoms with Crippen LogP contribution in [0.2, 0.25) is 0 Å². The Morgan fingerprint density at radius 2 is 0.714 bits per heavy atom. The van der Waals surface area contributed by atoms with Crippen LogP contribution in [0.15, 0.2) is 0 Å². The summed E-state index contributed by atoms with van der Waals surface area (Å²) in [5, 5.41) is 13.0. The molecule has 0 bridgehead atoms. The third kappa shape index (κ3) is 82.5. The number of hydrogen-bond acceptors (Lipinski definition) is 4. The van der Waals surface area contributed by atoms with Gasteiger partial charge in [-0.05, 0) is 0 Å². The standard InChI is InChI=1S/2ClH.2H3NO.Nd/c;;2*1-2;/h2*1H;2*2H,1H2;/p-2. The van der Waals surface area contributed by atoms with Crippen LogP contribution in [-0.4, -0.2) is 10.4 Å². The molecule has 0 fully saturated rings. The van der Waals surface area contributed by atoms with Gasteiger partial charge >= 0.3 is 0 Å². The Kier molecular flexibility index (Phi) is 605. The van der Waals surface area contributed by atoms with Crippen molar-refractivity contribution in [3.05, 3.63) is 0 Å². The molecule has 0 aliphatic rings. The maximum Gasteiger partial charge on any atom is 0 e. The normalized spacial score (nSPS) is 1.71. The zero-order chi connectivity index (χ0) is 4.00. The number of hydrogen-bond donors (Lipinski definition) is 4. The summed E-state index contributed by atoms with van der Waals surface area (Å²) in [5.74, 6) is 7.00. The van der Waals surface area contributed by atoms with Gasteiger partial charge in [0.1, 0.15) is 0 Å². The summed E-state index contributed by atoms with van der Waals surface area (Å²) < 4.78 is 0. The second kappa shape index (κ2) is 114. The van der Waals surface area contributed by atoms with Crippen LogP contribution in [0.1, 0.15) is 0 Å². The van der Waals surface area contributed by atoms with Gasteiger partial charge in [-0.1, -0.05) is 0 Å². The summed E-state index contributed by atoms with van der Waals surface area (Å²) in [7, 11) is 0. The zero-order valence-electron chi connectivity index (χ0n) is 3.31. The van der Waals surface area contributed by atoms with Crippen molar-refractivity contribution in [3.63, 3.8) is 0 Å². The first-order valence-corrected chi connectivity index (χ1v) is 0.516. The molecule has 0 radical (unpaired) electrons. The minimum Gasteiger partial charge on any atom is -1.00 e. The van der Waals surface area contributed by atoms with Crippen molar-refractivity contribution in [1.82, 2.24) is 0 Å². The van der Waals surface area contributed by atoms with Crippen molar-refractivity contribution in [2.45, 2.75) is 0 Å². The van der Waals surface area contributed by atoms with Gasteiger partial charge in [0.25, 0.3) is 0 Å². The van der Waals surface area contributed by atoms with E-state index in [0.29, 0.717) is 0 Å². The van der Waals surface area contributed by atoms with Crippen molar-refractivity contribution >= 4 is 0 Å². The van der Waals surface area contributed by atoms with Crippen LogP contribution < -0.4 is 36.6 Å². The van der Waals surface area contributed by atoms with E-state index in [9.17, 15) is 0 Å². The number of halogens is 2. The molecule has 0 aromatic carbocycles. The first kappa shape index (κ1) is 37.2. The molecule has 0 aliphatic heterocycles. The minimum atomic E-state index is 0. The van der Waals surface area contributed by atoms with Gasteiger partial charge in [0.15, 0.2) is 0 Å². The summed E-state index contributed by atoms with van der Waals surface area (Å²) in [4.78, 5) is 0. The topological polar surface area (TPSA) is 92.5 Å². The van der Waals surface area contributed by atoms with E-state index in [1.165, 1.54) is 0 Å². The quantitative estimate of drug-likeness (QED) is 0.332. The Labute approximate surface area is 86.9 Å². The van der Waals surface area contributed by atoms with Crippen LogP contribution in [0.3, 0.4) is 0 Å². The molecule has 0 heterocycles. The molecule has 7 heteroatoms. The van der Waals surface area contributed by atoms with Crippen LogP contribution in [0.25, 0.3) is 0 Å². The fraction of sp³-hybridized carbons (Fsp3) is 0. The van der Waals surface area contributed by atoms with Crippen molar-refractivity contribution < 1.29 is 76.1 Å². The number of rotatable bonds is 0. The molecule has 7 heavy (non-hydrogen) atoms.